The van der Waals surface area contributed by atoms with Gasteiger partial charge in [0.05, 0.1) is 19.5 Å². The Morgan fingerprint density at radius 3 is 2.63 bits per heavy atom. The third-order valence-corrected chi connectivity index (χ3v) is 6.76. The van der Waals surface area contributed by atoms with Crippen LogP contribution < -0.4 is 0 Å². The highest BCUT2D eigenvalue weighted by atomic mass is 32.2. The molecule has 1 unspecified atom stereocenters. The molecule has 0 radical (unpaired) electrons. The Balaban J connectivity index is 2.01. The Labute approximate surface area is 161 Å². The Hall–Kier alpha value is -1.98. The lowest BCUT2D eigenvalue weighted by molar-refractivity contribution is 0.282. The molecule has 0 aliphatic carbocycles. The zero-order valence-electron chi connectivity index (χ0n) is 15.9. The predicted octanol–water partition coefficient (Wildman–Crippen LogP) is 5.19. The standard InChI is InChI=1S/C22H25FO3S/c1-22(2,3)27(25)14-19(12-23)16-5-4-6-17(11-16)20-10-15(13-24)9-18-7-8-26-21(18)20/h4-11,19,24H,12-14H2,1-3H3/t19?,27-/m0/s1. The molecular formula is C22H25FO3S. The number of hydrogen-bond acceptors (Lipinski definition) is 3. The van der Waals surface area contributed by atoms with Gasteiger partial charge in [0.2, 0.25) is 0 Å². The van der Waals surface area contributed by atoms with Gasteiger partial charge in [0.25, 0.3) is 0 Å². The number of aliphatic hydroxyl groups is 1. The van der Waals surface area contributed by atoms with Gasteiger partial charge in [-0.15, -0.1) is 0 Å². The van der Waals surface area contributed by atoms with E-state index in [4.69, 9.17) is 4.42 Å². The van der Waals surface area contributed by atoms with Crippen LogP contribution in [-0.4, -0.2) is 26.5 Å². The van der Waals surface area contributed by atoms with Crippen molar-refractivity contribution in [1.82, 2.24) is 0 Å². The van der Waals surface area contributed by atoms with Crippen molar-refractivity contribution in [3.63, 3.8) is 0 Å². The molecular weight excluding hydrogens is 363 g/mol. The quantitative estimate of drug-likeness (QED) is 0.632. The number of aliphatic hydroxyl groups excluding tert-OH is 1. The maximum atomic E-state index is 13.8. The van der Waals surface area contributed by atoms with E-state index in [0.717, 1.165) is 33.2 Å². The van der Waals surface area contributed by atoms with Crippen LogP contribution in [0, 0.1) is 0 Å². The Kier molecular flexibility index (Phi) is 5.82. The largest absolute Gasteiger partial charge is 0.464 e. The molecule has 3 aromatic rings. The second-order valence-corrected chi connectivity index (χ2v) is 9.99. The van der Waals surface area contributed by atoms with Gasteiger partial charge in [-0.1, -0.05) is 24.3 Å². The fourth-order valence-corrected chi connectivity index (χ4v) is 4.22. The van der Waals surface area contributed by atoms with Gasteiger partial charge in [0.1, 0.15) is 5.58 Å². The average Bonchev–Trinajstić information content (AvgIpc) is 3.12. The van der Waals surface area contributed by atoms with Crippen LogP contribution in [0.15, 0.2) is 53.1 Å². The van der Waals surface area contributed by atoms with Crippen LogP contribution in [0.2, 0.25) is 0 Å². The molecule has 0 amide bonds. The van der Waals surface area contributed by atoms with E-state index < -0.39 is 23.4 Å². The first-order valence-corrected chi connectivity index (χ1v) is 10.3. The van der Waals surface area contributed by atoms with Crippen LogP contribution in [0.5, 0.6) is 0 Å². The minimum Gasteiger partial charge on any atom is -0.464 e. The lowest BCUT2D eigenvalue weighted by Gasteiger charge is -2.22. The second kappa shape index (κ2) is 7.95. The molecule has 0 aliphatic rings. The molecule has 2 aromatic carbocycles. The van der Waals surface area contributed by atoms with Crippen molar-refractivity contribution in [2.45, 2.75) is 38.0 Å². The van der Waals surface area contributed by atoms with Gasteiger partial charge >= 0.3 is 0 Å². The number of rotatable bonds is 6. The molecule has 1 heterocycles. The second-order valence-electron chi connectivity index (χ2n) is 7.74. The van der Waals surface area contributed by atoms with Crippen molar-refractivity contribution in [3.8, 4) is 11.1 Å². The van der Waals surface area contributed by atoms with E-state index in [1.807, 2.05) is 63.2 Å². The number of halogens is 1. The molecule has 1 aromatic heterocycles. The molecule has 27 heavy (non-hydrogen) atoms. The van der Waals surface area contributed by atoms with Crippen LogP contribution >= 0.6 is 0 Å². The maximum Gasteiger partial charge on any atom is 0.141 e. The molecule has 144 valence electrons. The highest BCUT2D eigenvalue weighted by Crippen LogP contribution is 2.33. The molecule has 0 bridgehead atoms. The third-order valence-electron chi connectivity index (χ3n) is 4.68. The predicted molar refractivity (Wildman–Crippen MR) is 109 cm³/mol. The number of hydrogen-bond donors (Lipinski definition) is 1. The summed E-state index contributed by atoms with van der Waals surface area (Å²) in [6, 6.07) is 13.3. The smallest absolute Gasteiger partial charge is 0.141 e. The van der Waals surface area contributed by atoms with Crippen molar-refractivity contribution < 1.29 is 18.1 Å². The molecule has 3 nitrogen and oxygen atoms in total. The number of fused-ring (bicyclic) bond motifs is 1. The topological polar surface area (TPSA) is 50.4 Å². The van der Waals surface area contributed by atoms with Gasteiger partial charge in [0.15, 0.2) is 0 Å². The minimum absolute atomic E-state index is 0.0640. The number of benzene rings is 2. The molecule has 3 rings (SSSR count). The van der Waals surface area contributed by atoms with Crippen LogP contribution in [0.1, 0.15) is 37.8 Å². The summed E-state index contributed by atoms with van der Waals surface area (Å²) >= 11 is 0. The summed E-state index contributed by atoms with van der Waals surface area (Å²) in [5.74, 6) is -0.130. The summed E-state index contributed by atoms with van der Waals surface area (Å²) < 4.78 is 31.5. The fraction of sp³-hybridized carbons (Fsp3) is 0.364. The Morgan fingerprint density at radius 2 is 1.96 bits per heavy atom. The normalized spacial score (nSPS) is 14.4. The summed E-state index contributed by atoms with van der Waals surface area (Å²) in [6.07, 6.45) is 1.62. The van der Waals surface area contributed by atoms with Crippen LogP contribution in [-0.2, 0) is 17.4 Å². The molecule has 5 heteroatoms. The highest BCUT2D eigenvalue weighted by molar-refractivity contribution is 7.86. The maximum absolute atomic E-state index is 13.8. The summed E-state index contributed by atoms with van der Waals surface area (Å²) in [4.78, 5) is 0. The Morgan fingerprint density at radius 1 is 1.19 bits per heavy atom. The molecule has 0 saturated carbocycles. The molecule has 0 saturated heterocycles. The first-order valence-electron chi connectivity index (χ1n) is 8.99. The zero-order valence-corrected chi connectivity index (χ0v) is 16.7. The van der Waals surface area contributed by atoms with Crippen LogP contribution in [0.3, 0.4) is 0 Å². The first kappa shape index (κ1) is 19.8. The summed E-state index contributed by atoms with van der Waals surface area (Å²) in [5.41, 5.74) is 4.10. The molecule has 1 N–H and O–H groups in total. The van der Waals surface area contributed by atoms with Gasteiger partial charge in [-0.05, 0) is 55.7 Å². The third kappa shape index (κ3) is 4.30. The van der Waals surface area contributed by atoms with Gasteiger partial charge in [0, 0.05) is 38.2 Å². The van der Waals surface area contributed by atoms with Crippen molar-refractivity contribution >= 4 is 21.8 Å². The lowest BCUT2D eigenvalue weighted by atomic mass is 9.95. The van der Waals surface area contributed by atoms with Crippen molar-refractivity contribution in [2.75, 3.05) is 12.4 Å². The summed E-state index contributed by atoms with van der Waals surface area (Å²) in [6.45, 7) is 5.10. The zero-order chi connectivity index (χ0) is 19.6. The van der Waals surface area contributed by atoms with Crippen molar-refractivity contribution in [3.05, 3.63) is 59.9 Å². The fourth-order valence-electron chi connectivity index (χ4n) is 3.07. The molecule has 0 spiro atoms. The van der Waals surface area contributed by atoms with Gasteiger partial charge in [-0.3, -0.25) is 8.60 Å². The van der Waals surface area contributed by atoms with E-state index in [1.54, 1.807) is 6.26 Å². The molecule has 0 fully saturated rings. The van der Waals surface area contributed by atoms with E-state index in [1.165, 1.54) is 0 Å². The highest BCUT2D eigenvalue weighted by Gasteiger charge is 2.24. The summed E-state index contributed by atoms with van der Waals surface area (Å²) in [5, 5.41) is 10.5. The van der Waals surface area contributed by atoms with E-state index >= 15 is 0 Å². The SMILES string of the molecule is CC(C)(C)[S@@](=O)CC(CF)c1cccc(-c2cc(CO)cc3ccoc23)c1. The van der Waals surface area contributed by atoms with Gasteiger partial charge in [-0.2, -0.15) is 0 Å². The van der Waals surface area contributed by atoms with E-state index in [2.05, 4.69) is 0 Å². The van der Waals surface area contributed by atoms with Crippen LogP contribution in [0.4, 0.5) is 4.39 Å². The van der Waals surface area contributed by atoms with E-state index in [0.29, 0.717) is 0 Å². The van der Waals surface area contributed by atoms with Crippen molar-refractivity contribution in [1.29, 1.82) is 0 Å². The van der Waals surface area contributed by atoms with E-state index in [9.17, 15) is 13.7 Å². The van der Waals surface area contributed by atoms with Crippen LogP contribution in [0.25, 0.3) is 22.1 Å². The first-order chi connectivity index (χ1) is 12.8. The number of furan rings is 1. The molecule has 0 aliphatic heterocycles. The van der Waals surface area contributed by atoms with Gasteiger partial charge in [-0.25, -0.2) is 0 Å². The molecule has 2 atom stereocenters. The number of alkyl halides is 1. The lowest BCUT2D eigenvalue weighted by Crippen LogP contribution is -2.27. The minimum atomic E-state index is -1.13. The van der Waals surface area contributed by atoms with Gasteiger partial charge < -0.3 is 9.52 Å². The Bertz CT molecular complexity index is 956. The average molecular weight is 389 g/mol. The monoisotopic (exact) mass is 388 g/mol. The summed E-state index contributed by atoms with van der Waals surface area (Å²) in [7, 11) is -1.13. The van der Waals surface area contributed by atoms with E-state index in [-0.39, 0.29) is 17.1 Å². The van der Waals surface area contributed by atoms with Crippen molar-refractivity contribution in [2.24, 2.45) is 0 Å².